The normalized spacial score (nSPS) is 10.7. The highest BCUT2D eigenvalue weighted by Crippen LogP contribution is 2.25. The third-order valence-electron chi connectivity index (χ3n) is 2.62. The van der Waals surface area contributed by atoms with Crippen LogP contribution >= 0.6 is 11.3 Å². The predicted molar refractivity (Wildman–Crippen MR) is 63.5 cm³/mol. The van der Waals surface area contributed by atoms with Gasteiger partial charge in [-0.25, -0.2) is 13.2 Å². The summed E-state index contributed by atoms with van der Waals surface area (Å²) in [6.07, 6.45) is 0. The molecule has 0 aliphatic carbocycles. The van der Waals surface area contributed by atoms with Crippen molar-refractivity contribution in [3.8, 4) is 0 Å². The standard InChI is InChI=1S/C13H9F3OS/c1-6-3-11(18-7(6)2)13(17)12-9(15)4-8(14)5-10(12)16/h3-5H,1-2H3. The summed E-state index contributed by atoms with van der Waals surface area (Å²) < 4.78 is 39.7. The summed E-state index contributed by atoms with van der Waals surface area (Å²) in [6, 6.07) is 2.58. The van der Waals surface area contributed by atoms with Crippen molar-refractivity contribution in [2.45, 2.75) is 13.8 Å². The third kappa shape index (κ3) is 2.18. The summed E-state index contributed by atoms with van der Waals surface area (Å²) in [6.45, 7) is 3.62. The number of aryl methyl sites for hydroxylation is 2. The van der Waals surface area contributed by atoms with Crippen molar-refractivity contribution < 1.29 is 18.0 Å². The molecular formula is C13H9F3OS. The van der Waals surface area contributed by atoms with Crippen molar-refractivity contribution in [3.63, 3.8) is 0 Å². The number of carbonyl (C=O) groups excluding carboxylic acids is 1. The lowest BCUT2D eigenvalue weighted by atomic mass is 10.1. The number of thiophene rings is 1. The topological polar surface area (TPSA) is 17.1 Å². The van der Waals surface area contributed by atoms with Crippen molar-refractivity contribution in [1.29, 1.82) is 0 Å². The van der Waals surface area contributed by atoms with E-state index in [9.17, 15) is 18.0 Å². The molecule has 0 unspecified atom stereocenters. The number of halogens is 3. The van der Waals surface area contributed by atoms with Gasteiger partial charge in [-0.2, -0.15) is 0 Å². The van der Waals surface area contributed by atoms with Gasteiger partial charge in [0.05, 0.1) is 10.4 Å². The zero-order valence-electron chi connectivity index (χ0n) is 9.68. The highest BCUT2D eigenvalue weighted by Gasteiger charge is 2.22. The molecule has 0 saturated carbocycles. The molecule has 0 N–H and O–H groups in total. The fourth-order valence-electron chi connectivity index (χ4n) is 1.57. The van der Waals surface area contributed by atoms with Crippen LogP contribution in [0.3, 0.4) is 0 Å². The Balaban J connectivity index is 2.52. The molecule has 1 nitrogen and oxygen atoms in total. The van der Waals surface area contributed by atoms with E-state index in [1.54, 1.807) is 13.0 Å². The van der Waals surface area contributed by atoms with Crippen LogP contribution in [0.4, 0.5) is 13.2 Å². The van der Waals surface area contributed by atoms with E-state index in [4.69, 9.17) is 0 Å². The maximum atomic E-state index is 13.5. The van der Waals surface area contributed by atoms with Gasteiger partial charge in [0.2, 0.25) is 5.78 Å². The highest BCUT2D eigenvalue weighted by atomic mass is 32.1. The first-order chi connectivity index (χ1) is 8.40. The predicted octanol–water partition coefficient (Wildman–Crippen LogP) is 4.01. The van der Waals surface area contributed by atoms with Crippen molar-refractivity contribution in [3.05, 3.63) is 56.5 Å². The Labute approximate surface area is 106 Å². The molecule has 1 heterocycles. The minimum Gasteiger partial charge on any atom is -0.287 e. The van der Waals surface area contributed by atoms with E-state index in [0.717, 1.165) is 21.8 Å². The zero-order chi connectivity index (χ0) is 13.4. The second-order valence-electron chi connectivity index (χ2n) is 3.92. The van der Waals surface area contributed by atoms with Gasteiger partial charge in [-0.15, -0.1) is 11.3 Å². The molecule has 1 aromatic carbocycles. The van der Waals surface area contributed by atoms with Crippen LogP contribution in [0.5, 0.6) is 0 Å². The van der Waals surface area contributed by atoms with Crippen molar-refractivity contribution in [1.82, 2.24) is 0 Å². The molecule has 0 atom stereocenters. The van der Waals surface area contributed by atoms with Crippen LogP contribution < -0.4 is 0 Å². The first-order valence-electron chi connectivity index (χ1n) is 5.16. The Morgan fingerprint density at radius 2 is 1.61 bits per heavy atom. The second-order valence-corrected chi connectivity index (χ2v) is 5.18. The van der Waals surface area contributed by atoms with Gasteiger partial charge in [-0.3, -0.25) is 4.79 Å². The van der Waals surface area contributed by atoms with Gasteiger partial charge < -0.3 is 0 Å². The van der Waals surface area contributed by atoms with Crippen molar-refractivity contribution in [2.75, 3.05) is 0 Å². The molecular weight excluding hydrogens is 261 g/mol. The lowest BCUT2D eigenvalue weighted by molar-refractivity contribution is 0.103. The number of rotatable bonds is 2. The van der Waals surface area contributed by atoms with Crippen molar-refractivity contribution in [2.24, 2.45) is 0 Å². The van der Waals surface area contributed by atoms with Gasteiger partial charge in [-0.05, 0) is 25.5 Å². The van der Waals surface area contributed by atoms with E-state index < -0.39 is 28.8 Å². The van der Waals surface area contributed by atoms with Gasteiger partial charge >= 0.3 is 0 Å². The van der Waals surface area contributed by atoms with E-state index in [1.165, 1.54) is 0 Å². The molecule has 94 valence electrons. The van der Waals surface area contributed by atoms with Gasteiger partial charge in [0.15, 0.2) is 0 Å². The molecule has 18 heavy (non-hydrogen) atoms. The Morgan fingerprint density at radius 3 is 2.06 bits per heavy atom. The van der Waals surface area contributed by atoms with E-state index in [0.29, 0.717) is 12.1 Å². The quantitative estimate of drug-likeness (QED) is 0.753. The Bertz CT molecular complexity index is 589. The molecule has 2 rings (SSSR count). The number of carbonyl (C=O) groups is 1. The summed E-state index contributed by atoms with van der Waals surface area (Å²) in [5, 5.41) is 0. The maximum Gasteiger partial charge on any atom is 0.208 e. The number of hydrogen-bond donors (Lipinski definition) is 0. The molecule has 0 amide bonds. The fraction of sp³-hybridized carbons (Fsp3) is 0.154. The van der Waals surface area contributed by atoms with Crippen LogP contribution in [-0.4, -0.2) is 5.78 Å². The minimum atomic E-state index is -1.18. The third-order valence-corrected chi connectivity index (χ3v) is 3.78. The summed E-state index contributed by atoms with van der Waals surface area (Å²) in [5.74, 6) is -4.16. The molecule has 0 bridgehead atoms. The Kier molecular flexibility index (Phi) is 3.26. The van der Waals surface area contributed by atoms with Gasteiger partial charge in [-0.1, -0.05) is 0 Å². The smallest absolute Gasteiger partial charge is 0.208 e. The average molecular weight is 270 g/mol. The molecule has 0 radical (unpaired) electrons. The number of ketones is 1. The SMILES string of the molecule is Cc1cc(C(=O)c2c(F)cc(F)cc2F)sc1C. The van der Waals surface area contributed by atoms with Gasteiger partial charge in [0.25, 0.3) is 0 Å². The van der Waals surface area contributed by atoms with Crippen LogP contribution in [-0.2, 0) is 0 Å². The average Bonchev–Trinajstić information content (AvgIpc) is 2.57. The first-order valence-corrected chi connectivity index (χ1v) is 5.98. The van der Waals surface area contributed by atoms with E-state index in [-0.39, 0.29) is 4.88 Å². The van der Waals surface area contributed by atoms with Crippen LogP contribution in [0.15, 0.2) is 18.2 Å². The molecule has 5 heteroatoms. The van der Waals surface area contributed by atoms with Crippen LogP contribution in [0.2, 0.25) is 0 Å². The largest absolute Gasteiger partial charge is 0.287 e. The van der Waals surface area contributed by atoms with Crippen LogP contribution in [0.1, 0.15) is 25.7 Å². The summed E-state index contributed by atoms with van der Waals surface area (Å²) in [7, 11) is 0. The maximum absolute atomic E-state index is 13.5. The molecule has 2 aromatic rings. The molecule has 0 fully saturated rings. The fourth-order valence-corrected chi connectivity index (χ4v) is 2.55. The highest BCUT2D eigenvalue weighted by molar-refractivity contribution is 7.14. The van der Waals surface area contributed by atoms with E-state index >= 15 is 0 Å². The monoisotopic (exact) mass is 270 g/mol. The summed E-state index contributed by atoms with van der Waals surface area (Å²) >= 11 is 1.16. The van der Waals surface area contributed by atoms with E-state index in [2.05, 4.69) is 0 Å². The van der Waals surface area contributed by atoms with Crippen LogP contribution in [0, 0.1) is 31.3 Å². The number of hydrogen-bond acceptors (Lipinski definition) is 2. The molecule has 0 aliphatic heterocycles. The molecule has 0 saturated heterocycles. The summed E-state index contributed by atoms with van der Waals surface area (Å²) in [5.41, 5.74) is 0.170. The summed E-state index contributed by atoms with van der Waals surface area (Å²) in [4.78, 5) is 13.1. The Hall–Kier alpha value is -1.62. The first kappa shape index (κ1) is 12.8. The molecule has 0 spiro atoms. The second kappa shape index (κ2) is 4.57. The molecule has 0 aliphatic rings. The van der Waals surface area contributed by atoms with Gasteiger partial charge in [0, 0.05) is 17.0 Å². The Morgan fingerprint density at radius 1 is 1.06 bits per heavy atom. The zero-order valence-corrected chi connectivity index (χ0v) is 10.5. The van der Waals surface area contributed by atoms with Crippen LogP contribution in [0.25, 0.3) is 0 Å². The van der Waals surface area contributed by atoms with Gasteiger partial charge in [0.1, 0.15) is 17.5 Å². The lowest BCUT2D eigenvalue weighted by Crippen LogP contribution is -2.06. The molecule has 1 aromatic heterocycles. The minimum absolute atomic E-state index is 0.245. The number of benzene rings is 1. The lowest BCUT2D eigenvalue weighted by Gasteiger charge is -2.02. The van der Waals surface area contributed by atoms with Crippen molar-refractivity contribution >= 4 is 17.1 Å². The van der Waals surface area contributed by atoms with E-state index in [1.807, 2.05) is 6.92 Å².